The van der Waals surface area contributed by atoms with Crippen LogP contribution in [0.15, 0.2) is 46.7 Å². The smallest absolute Gasteiger partial charge is 0.263 e. The number of carbonyl (C=O) groups excluding carboxylic acids is 2. The van der Waals surface area contributed by atoms with Gasteiger partial charge in [-0.3, -0.25) is 9.59 Å². The first kappa shape index (κ1) is 16.4. The van der Waals surface area contributed by atoms with Crippen molar-refractivity contribution in [2.45, 2.75) is 39.8 Å². The second-order valence-corrected chi connectivity index (χ2v) is 7.02. The molecule has 0 aromatic heterocycles. The number of nitrogens with zero attached hydrogens (tertiary/aromatic N) is 4. The minimum Gasteiger partial charge on any atom is -0.271 e. The Morgan fingerprint density at radius 1 is 0.923 bits per heavy atom. The lowest BCUT2D eigenvalue weighted by Crippen LogP contribution is -2.40. The Labute approximate surface area is 152 Å². The molecule has 0 aliphatic carbocycles. The maximum Gasteiger partial charge on any atom is 0.263 e. The second-order valence-electron chi connectivity index (χ2n) is 7.02. The molecule has 0 unspecified atom stereocenters. The summed E-state index contributed by atoms with van der Waals surface area (Å²) in [5.74, 6) is -0.600. The van der Waals surface area contributed by atoms with Crippen molar-refractivity contribution in [1.29, 1.82) is 0 Å². The van der Waals surface area contributed by atoms with Gasteiger partial charge in [-0.25, -0.2) is 9.91 Å². The first-order valence-corrected chi connectivity index (χ1v) is 8.61. The summed E-state index contributed by atoms with van der Waals surface area (Å²) in [7, 11) is 0. The SMILES string of the molecule is Cc1cc(C)cc(N2C(=O)[C@@H]3[C@@H](N=NN3c3cccc(C)c3C)C2=O)c1. The summed E-state index contributed by atoms with van der Waals surface area (Å²) in [5.41, 5.74) is 5.55. The van der Waals surface area contributed by atoms with Crippen LogP contribution in [0.3, 0.4) is 0 Å². The number of carbonyl (C=O) groups is 2. The first-order valence-electron chi connectivity index (χ1n) is 8.61. The molecule has 6 heteroatoms. The lowest BCUT2D eigenvalue weighted by Gasteiger charge is -2.23. The van der Waals surface area contributed by atoms with E-state index in [1.165, 1.54) is 4.90 Å². The number of imide groups is 1. The van der Waals surface area contributed by atoms with Crippen LogP contribution in [0.4, 0.5) is 11.4 Å². The summed E-state index contributed by atoms with van der Waals surface area (Å²) in [6, 6.07) is 10.0. The van der Waals surface area contributed by atoms with Gasteiger partial charge in [-0.1, -0.05) is 23.4 Å². The molecule has 2 heterocycles. The van der Waals surface area contributed by atoms with Gasteiger partial charge in [-0.15, -0.1) is 0 Å². The summed E-state index contributed by atoms with van der Waals surface area (Å²) < 4.78 is 0. The van der Waals surface area contributed by atoms with E-state index in [4.69, 9.17) is 0 Å². The fourth-order valence-corrected chi connectivity index (χ4v) is 3.68. The molecule has 6 nitrogen and oxygen atoms in total. The Kier molecular flexibility index (Phi) is 3.64. The Balaban J connectivity index is 1.75. The number of rotatable bonds is 2. The Morgan fingerprint density at radius 2 is 1.62 bits per heavy atom. The minimum absolute atomic E-state index is 0.282. The molecule has 1 saturated heterocycles. The zero-order chi connectivity index (χ0) is 18.6. The van der Waals surface area contributed by atoms with E-state index in [-0.39, 0.29) is 11.8 Å². The van der Waals surface area contributed by atoms with Gasteiger partial charge in [0.25, 0.3) is 11.8 Å². The van der Waals surface area contributed by atoms with Crippen molar-refractivity contribution in [1.82, 2.24) is 0 Å². The summed E-state index contributed by atoms with van der Waals surface area (Å²) in [6.07, 6.45) is 0. The van der Waals surface area contributed by atoms with Crippen molar-refractivity contribution >= 4 is 23.2 Å². The van der Waals surface area contributed by atoms with Gasteiger partial charge in [0.15, 0.2) is 12.1 Å². The minimum atomic E-state index is -0.789. The molecule has 0 N–H and O–H groups in total. The van der Waals surface area contributed by atoms with E-state index in [1.807, 2.05) is 64.1 Å². The van der Waals surface area contributed by atoms with E-state index in [0.717, 1.165) is 27.9 Å². The van der Waals surface area contributed by atoms with Crippen LogP contribution in [0.2, 0.25) is 0 Å². The van der Waals surface area contributed by atoms with Gasteiger partial charge in [0, 0.05) is 0 Å². The van der Waals surface area contributed by atoms with Crippen molar-refractivity contribution in [3.63, 3.8) is 0 Å². The number of anilines is 2. The van der Waals surface area contributed by atoms with Crippen molar-refractivity contribution in [3.05, 3.63) is 58.7 Å². The first-order chi connectivity index (χ1) is 12.4. The predicted molar refractivity (Wildman–Crippen MR) is 99.2 cm³/mol. The third-order valence-corrected chi connectivity index (χ3v) is 5.07. The molecule has 2 aromatic carbocycles. The molecule has 2 aromatic rings. The molecule has 4 rings (SSSR count). The summed E-state index contributed by atoms with van der Waals surface area (Å²) in [4.78, 5) is 27.3. The molecule has 2 amide bonds. The molecule has 1 fully saturated rings. The molecule has 0 bridgehead atoms. The fraction of sp³-hybridized carbons (Fsp3) is 0.300. The zero-order valence-electron chi connectivity index (χ0n) is 15.2. The maximum absolute atomic E-state index is 13.1. The second kappa shape index (κ2) is 5.76. The monoisotopic (exact) mass is 348 g/mol. The molecule has 0 radical (unpaired) electrons. The van der Waals surface area contributed by atoms with Crippen molar-refractivity contribution in [2.75, 3.05) is 9.91 Å². The highest BCUT2D eigenvalue weighted by Crippen LogP contribution is 2.37. The molecule has 0 saturated carbocycles. The molecule has 2 aliphatic heterocycles. The van der Waals surface area contributed by atoms with Gasteiger partial charge in [0.2, 0.25) is 0 Å². The highest BCUT2D eigenvalue weighted by molar-refractivity contribution is 6.26. The molecule has 2 atom stereocenters. The predicted octanol–water partition coefficient (Wildman–Crippen LogP) is 3.42. The topological polar surface area (TPSA) is 65.3 Å². The average Bonchev–Trinajstić information content (AvgIpc) is 3.10. The van der Waals surface area contributed by atoms with E-state index in [1.54, 1.807) is 5.01 Å². The van der Waals surface area contributed by atoms with Crippen LogP contribution in [-0.2, 0) is 9.59 Å². The Bertz CT molecular complexity index is 946. The van der Waals surface area contributed by atoms with Crippen molar-refractivity contribution in [3.8, 4) is 0 Å². The summed E-state index contributed by atoms with van der Waals surface area (Å²) in [6.45, 7) is 7.89. The summed E-state index contributed by atoms with van der Waals surface area (Å²) in [5, 5.41) is 9.86. The fourth-order valence-electron chi connectivity index (χ4n) is 3.68. The molecular formula is C20H20N4O2. The lowest BCUT2D eigenvalue weighted by atomic mass is 10.1. The molecule has 132 valence electrons. The van der Waals surface area contributed by atoms with Crippen LogP contribution in [0, 0.1) is 27.7 Å². The van der Waals surface area contributed by atoms with Crippen LogP contribution < -0.4 is 9.91 Å². The average molecular weight is 348 g/mol. The van der Waals surface area contributed by atoms with Crippen LogP contribution in [0.5, 0.6) is 0 Å². The van der Waals surface area contributed by atoms with Gasteiger partial charge in [0.05, 0.1) is 11.4 Å². The van der Waals surface area contributed by atoms with E-state index in [0.29, 0.717) is 5.69 Å². The number of amides is 2. The van der Waals surface area contributed by atoms with E-state index >= 15 is 0 Å². The van der Waals surface area contributed by atoms with Crippen LogP contribution >= 0.6 is 0 Å². The highest BCUT2D eigenvalue weighted by Gasteiger charge is 2.55. The quantitative estimate of drug-likeness (QED) is 0.781. The van der Waals surface area contributed by atoms with Gasteiger partial charge in [-0.2, -0.15) is 5.11 Å². The van der Waals surface area contributed by atoms with Gasteiger partial charge in [-0.05, 0) is 68.1 Å². The van der Waals surface area contributed by atoms with E-state index in [9.17, 15) is 9.59 Å². The normalized spacial score (nSPS) is 21.7. The van der Waals surface area contributed by atoms with Gasteiger partial charge < -0.3 is 0 Å². The third kappa shape index (κ3) is 2.33. The number of hydrogen-bond acceptors (Lipinski definition) is 5. The molecular weight excluding hydrogens is 328 g/mol. The van der Waals surface area contributed by atoms with E-state index in [2.05, 4.69) is 10.3 Å². The van der Waals surface area contributed by atoms with Crippen LogP contribution in [0.25, 0.3) is 0 Å². The van der Waals surface area contributed by atoms with Gasteiger partial charge >= 0.3 is 0 Å². The highest BCUT2D eigenvalue weighted by atomic mass is 16.2. The molecule has 2 aliphatic rings. The van der Waals surface area contributed by atoms with Crippen LogP contribution in [0.1, 0.15) is 22.3 Å². The maximum atomic E-state index is 13.1. The molecule has 0 spiro atoms. The standard InChI is InChI=1S/C20H20N4O2/c1-11-8-12(2)10-15(9-11)23-19(25)17-18(20(23)26)24(22-21-17)16-7-5-6-13(3)14(16)4/h5-10,17-18H,1-4H3/t17-,18+/m1/s1. The van der Waals surface area contributed by atoms with E-state index < -0.39 is 12.1 Å². The van der Waals surface area contributed by atoms with Gasteiger partial charge in [0.1, 0.15) is 0 Å². The largest absolute Gasteiger partial charge is 0.271 e. The number of hydrogen-bond donors (Lipinski definition) is 0. The van der Waals surface area contributed by atoms with Crippen molar-refractivity contribution in [2.24, 2.45) is 10.3 Å². The lowest BCUT2D eigenvalue weighted by molar-refractivity contribution is -0.121. The number of benzene rings is 2. The molecule has 26 heavy (non-hydrogen) atoms. The third-order valence-electron chi connectivity index (χ3n) is 5.07. The van der Waals surface area contributed by atoms with Crippen molar-refractivity contribution < 1.29 is 9.59 Å². The number of aryl methyl sites for hydroxylation is 3. The Morgan fingerprint density at radius 3 is 2.31 bits per heavy atom. The Hall–Kier alpha value is -3.02. The van der Waals surface area contributed by atoms with Crippen LogP contribution in [-0.4, -0.2) is 23.9 Å². The zero-order valence-corrected chi connectivity index (χ0v) is 15.2. The number of fused-ring (bicyclic) bond motifs is 1. The summed E-state index contributed by atoms with van der Waals surface area (Å²) >= 11 is 0.